The fourth-order valence-corrected chi connectivity index (χ4v) is 1.79. The van der Waals surface area contributed by atoms with Crippen molar-refractivity contribution in [2.45, 2.75) is 12.6 Å². The van der Waals surface area contributed by atoms with Gasteiger partial charge < -0.3 is 5.11 Å². The normalized spacial score (nSPS) is 11.4. The molecule has 0 aliphatic heterocycles. The van der Waals surface area contributed by atoms with E-state index in [2.05, 4.69) is 4.98 Å². The fraction of sp³-hybridized carbons (Fsp3) is 0.143. The van der Waals surface area contributed by atoms with Crippen LogP contribution in [0, 0.1) is 5.82 Å². The van der Waals surface area contributed by atoms with Gasteiger partial charge in [0.1, 0.15) is 5.82 Å². The van der Waals surface area contributed by atoms with E-state index in [0.717, 1.165) is 24.4 Å². The Kier molecular flexibility index (Phi) is 3.93. The van der Waals surface area contributed by atoms with Crippen LogP contribution in [0.25, 0.3) is 11.3 Å². The third kappa shape index (κ3) is 3.56. The van der Waals surface area contributed by atoms with Gasteiger partial charge in [0.2, 0.25) is 0 Å². The zero-order chi connectivity index (χ0) is 15.6. The van der Waals surface area contributed by atoms with Crippen molar-refractivity contribution < 1.29 is 27.5 Å². The second-order valence-corrected chi connectivity index (χ2v) is 4.31. The summed E-state index contributed by atoms with van der Waals surface area (Å²) in [6.45, 7) is 0. The molecule has 1 aromatic carbocycles. The van der Waals surface area contributed by atoms with Crippen LogP contribution in [-0.2, 0) is 17.4 Å². The van der Waals surface area contributed by atoms with Crippen LogP contribution in [-0.4, -0.2) is 16.1 Å². The van der Waals surface area contributed by atoms with Gasteiger partial charge >= 0.3 is 12.1 Å². The first-order valence-electron chi connectivity index (χ1n) is 5.81. The van der Waals surface area contributed by atoms with E-state index in [4.69, 9.17) is 5.11 Å². The molecule has 1 heterocycles. The number of aliphatic carboxylic acids is 1. The standard InChI is InChI=1S/C14H9F4NO2/c15-11-7-19-12(5-9(11)6-13(20)21)8-2-1-3-10(4-8)14(16,17)18/h1-5,7H,6H2,(H,20,21). The molecule has 0 fully saturated rings. The molecule has 3 nitrogen and oxygen atoms in total. The van der Waals surface area contributed by atoms with Gasteiger partial charge in [-0.3, -0.25) is 9.78 Å². The van der Waals surface area contributed by atoms with Crippen LogP contribution in [0.15, 0.2) is 36.5 Å². The maximum absolute atomic E-state index is 13.4. The Labute approximate surface area is 116 Å². The topological polar surface area (TPSA) is 50.2 Å². The predicted octanol–water partition coefficient (Wildman–Crippen LogP) is 3.53. The van der Waals surface area contributed by atoms with E-state index in [9.17, 15) is 22.4 Å². The Morgan fingerprint density at radius 3 is 2.57 bits per heavy atom. The predicted molar refractivity (Wildman–Crippen MR) is 66.0 cm³/mol. The van der Waals surface area contributed by atoms with Crippen molar-refractivity contribution in [2.75, 3.05) is 0 Å². The lowest BCUT2D eigenvalue weighted by atomic mass is 10.0. The molecule has 0 amide bonds. The van der Waals surface area contributed by atoms with Crippen LogP contribution < -0.4 is 0 Å². The smallest absolute Gasteiger partial charge is 0.416 e. The lowest BCUT2D eigenvalue weighted by Gasteiger charge is -2.09. The maximum atomic E-state index is 13.4. The third-order valence-electron chi connectivity index (χ3n) is 2.76. The van der Waals surface area contributed by atoms with Crippen LogP contribution in [0.4, 0.5) is 17.6 Å². The number of halogens is 4. The summed E-state index contributed by atoms with van der Waals surface area (Å²) in [6.07, 6.45) is -4.27. The number of hydrogen-bond donors (Lipinski definition) is 1. The maximum Gasteiger partial charge on any atom is 0.416 e. The van der Waals surface area contributed by atoms with E-state index in [-0.39, 0.29) is 16.8 Å². The molecule has 7 heteroatoms. The van der Waals surface area contributed by atoms with Gasteiger partial charge in [-0.2, -0.15) is 13.2 Å². The Morgan fingerprint density at radius 1 is 1.24 bits per heavy atom. The average molecular weight is 299 g/mol. The highest BCUT2D eigenvalue weighted by Crippen LogP contribution is 2.32. The van der Waals surface area contributed by atoms with Gasteiger partial charge in [-0.05, 0) is 18.2 Å². The SMILES string of the molecule is O=C(O)Cc1cc(-c2cccc(C(F)(F)F)c2)ncc1F. The molecular weight excluding hydrogens is 290 g/mol. The molecule has 110 valence electrons. The first-order valence-corrected chi connectivity index (χ1v) is 5.81. The zero-order valence-electron chi connectivity index (χ0n) is 10.5. The summed E-state index contributed by atoms with van der Waals surface area (Å²) in [5.41, 5.74) is -0.772. The molecule has 21 heavy (non-hydrogen) atoms. The van der Waals surface area contributed by atoms with Crippen LogP contribution in [0.3, 0.4) is 0 Å². The molecule has 0 aliphatic rings. The van der Waals surface area contributed by atoms with Gasteiger partial charge in [0.15, 0.2) is 0 Å². The molecule has 0 aliphatic carbocycles. The zero-order valence-corrected chi connectivity index (χ0v) is 10.5. The highest BCUT2D eigenvalue weighted by atomic mass is 19.4. The second kappa shape index (κ2) is 5.51. The molecule has 2 rings (SSSR count). The highest BCUT2D eigenvalue weighted by molar-refractivity contribution is 5.71. The molecule has 1 N–H and O–H groups in total. The minimum atomic E-state index is -4.50. The summed E-state index contributed by atoms with van der Waals surface area (Å²) in [6, 6.07) is 5.52. The van der Waals surface area contributed by atoms with Crippen molar-refractivity contribution in [2.24, 2.45) is 0 Å². The molecule has 2 aromatic rings. The number of rotatable bonds is 3. The monoisotopic (exact) mass is 299 g/mol. The highest BCUT2D eigenvalue weighted by Gasteiger charge is 2.30. The van der Waals surface area contributed by atoms with Crippen molar-refractivity contribution in [3.05, 3.63) is 53.5 Å². The van der Waals surface area contributed by atoms with E-state index < -0.39 is 29.9 Å². The fourth-order valence-electron chi connectivity index (χ4n) is 1.79. The van der Waals surface area contributed by atoms with E-state index in [1.807, 2.05) is 0 Å². The minimum absolute atomic E-state index is 0.0822. The number of hydrogen-bond acceptors (Lipinski definition) is 2. The Hall–Kier alpha value is -2.44. The number of carboxylic acids is 1. The number of alkyl halides is 3. The average Bonchev–Trinajstić information content (AvgIpc) is 2.40. The van der Waals surface area contributed by atoms with Crippen LogP contribution in [0.5, 0.6) is 0 Å². The number of pyridine rings is 1. The van der Waals surface area contributed by atoms with E-state index in [0.29, 0.717) is 0 Å². The van der Waals surface area contributed by atoms with Gasteiger partial charge in [-0.1, -0.05) is 12.1 Å². The minimum Gasteiger partial charge on any atom is -0.481 e. The molecule has 0 bridgehead atoms. The Balaban J connectivity index is 2.45. The molecule has 0 unspecified atom stereocenters. The molecule has 0 spiro atoms. The van der Waals surface area contributed by atoms with Gasteiger partial charge in [0.05, 0.1) is 23.9 Å². The number of carboxylic acid groups (broad SMARTS) is 1. The number of aromatic nitrogens is 1. The van der Waals surface area contributed by atoms with Crippen molar-refractivity contribution in [1.82, 2.24) is 4.98 Å². The van der Waals surface area contributed by atoms with E-state index in [1.165, 1.54) is 12.1 Å². The van der Waals surface area contributed by atoms with Gasteiger partial charge in [-0.25, -0.2) is 4.39 Å². The van der Waals surface area contributed by atoms with Crippen molar-refractivity contribution >= 4 is 5.97 Å². The largest absolute Gasteiger partial charge is 0.481 e. The second-order valence-electron chi connectivity index (χ2n) is 4.31. The summed E-state index contributed by atoms with van der Waals surface area (Å²) in [7, 11) is 0. The molecule has 0 saturated carbocycles. The summed E-state index contributed by atoms with van der Waals surface area (Å²) in [5.74, 6) is -2.05. The van der Waals surface area contributed by atoms with Crippen LogP contribution >= 0.6 is 0 Å². The molecule has 0 atom stereocenters. The van der Waals surface area contributed by atoms with E-state index in [1.54, 1.807) is 0 Å². The van der Waals surface area contributed by atoms with Crippen molar-refractivity contribution in [3.8, 4) is 11.3 Å². The summed E-state index contributed by atoms with van der Waals surface area (Å²) < 4.78 is 51.3. The summed E-state index contributed by atoms with van der Waals surface area (Å²) in [4.78, 5) is 14.3. The Bertz CT molecular complexity index is 683. The first-order chi connectivity index (χ1) is 9.77. The molecule has 0 saturated heterocycles. The quantitative estimate of drug-likeness (QED) is 0.882. The molecular formula is C14H9F4NO2. The number of nitrogens with zero attached hydrogens (tertiary/aromatic N) is 1. The third-order valence-corrected chi connectivity index (χ3v) is 2.76. The van der Waals surface area contributed by atoms with Crippen LogP contribution in [0.2, 0.25) is 0 Å². The summed E-state index contributed by atoms with van der Waals surface area (Å²) in [5, 5.41) is 8.67. The van der Waals surface area contributed by atoms with Gasteiger partial charge in [0, 0.05) is 11.1 Å². The van der Waals surface area contributed by atoms with Crippen molar-refractivity contribution in [1.29, 1.82) is 0 Å². The summed E-state index contributed by atoms with van der Waals surface area (Å²) >= 11 is 0. The lowest BCUT2D eigenvalue weighted by Crippen LogP contribution is -2.05. The Morgan fingerprint density at radius 2 is 1.95 bits per heavy atom. The molecule has 1 aromatic heterocycles. The van der Waals surface area contributed by atoms with Gasteiger partial charge in [0.25, 0.3) is 0 Å². The van der Waals surface area contributed by atoms with Crippen LogP contribution in [0.1, 0.15) is 11.1 Å². The first kappa shape index (κ1) is 15.0. The lowest BCUT2D eigenvalue weighted by molar-refractivity contribution is -0.138. The molecule has 0 radical (unpaired) electrons. The number of carbonyl (C=O) groups is 1. The van der Waals surface area contributed by atoms with Gasteiger partial charge in [-0.15, -0.1) is 0 Å². The number of benzene rings is 1. The van der Waals surface area contributed by atoms with E-state index >= 15 is 0 Å². The van der Waals surface area contributed by atoms with Crippen molar-refractivity contribution in [3.63, 3.8) is 0 Å².